The summed E-state index contributed by atoms with van der Waals surface area (Å²) in [6.07, 6.45) is -3.31. The molecule has 0 radical (unpaired) electrons. The fourth-order valence-electron chi connectivity index (χ4n) is 4.19. The summed E-state index contributed by atoms with van der Waals surface area (Å²) in [5.74, 6) is 0.583. The highest BCUT2D eigenvalue weighted by atomic mass is 19.4. The van der Waals surface area contributed by atoms with E-state index >= 15 is 0 Å². The van der Waals surface area contributed by atoms with E-state index in [0.29, 0.717) is 23.6 Å². The van der Waals surface area contributed by atoms with Crippen LogP contribution in [0.4, 0.5) is 23.7 Å². The van der Waals surface area contributed by atoms with Gasteiger partial charge in [-0.1, -0.05) is 18.2 Å². The van der Waals surface area contributed by atoms with E-state index in [1.54, 1.807) is 27.0 Å². The minimum Gasteiger partial charge on any atom is -0.497 e. The number of nitrogens with one attached hydrogen (secondary N) is 2. The standard InChI is InChI=1S/C33H37F3N6O5/c1-8-46-27-15-22(17-39-29(27)47-18-21-9-12-24(45-7)13-10-21)28(38-6)40-19(2)20(3)41-31(44)42-23-11-14-25(32(4,5)30(37)43)26(16-23)33(34,35)36/h9-17H,6,8,18H2,1-5,7H3,(H2,37,43)(H2,41,42,44)/b20-19+,40-28?. The Labute approximate surface area is 270 Å². The highest BCUT2D eigenvalue weighted by Crippen LogP contribution is 2.39. The van der Waals surface area contributed by atoms with Gasteiger partial charge < -0.3 is 30.6 Å². The Morgan fingerprint density at radius 2 is 1.70 bits per heavy atom. The molecule has 0 spiro atoms. The smallest absolute Gasteiger partial charge is 0.416 e. The van der Waals surface area contributed by atoms with Gasteiger partial charge >= 0.3 is 12.2 Å². The second-order valence-corrected chi connectivity index (χ2v) is 10.7. The van der Waals surface area contributed by atoms with Gasteiger partial charge in [-0.15, -0.1) is 0 Å². The number of hydrogen-bond acceptors (Lipinski definition) is 7. The van der Waals surface area contributed by atoms with Crippen molar-refractivity contribution >= 4 is 30.2 Å². The minimum atomic E-state index is -4.80. The Morgan fingerprint density at radius 1 is 1.02 bits per heavy atom. The molecule has 0 aliphatic carbocycles. The summed E-state index contributed by atoms with van der Waals surface area (Å²) in [7, 11) is 1.59. The van der Waals surface area contributed by atoms with Crippen molar-refractivity contribution in [2.75, 3.05) is 19.0 Å². The number of rotatable bonds is 12. The third kappa shape index (κ3) is 9.31. The number of pyridine rings is 1. The van der Waals surface area contributed by atoms with Gasteiger partial charge in [-0.3, -0.25) is 4.79 Å². The van der Waals surface area contributed by atoms with Crippen molar-refractivity contribution in [1.29, 1.82) is 0 Å². The first kappa shape index (κ1) is 36.1. The van der Waals surface area contributed by atoms with Crippen LogP contribution in [0.15, 0.2) is 76.1 Å². The number of anilines is 1. The third-order valence-electron chi connectivity index (χ3n) is 7.05. The number of carbonyl (C=O) groups excluding carboxylic acids is 2. The lowest BCUT2D eigenvalue weighted by molar-refractivity contribution is -0.139. The molecule has 0 bridgehead atoms. The third-order valence-corrected chi connectivity index (χ3v) is 7.05. The van der Waals surface area contributed by atoms with E-state index in [9.17, 15) is 22.8 Å². The van der Waals surface area contributed by atoms with Crippen LogP contribution in [0.5, 0.6) is 17.4 Å². The number of ether oxygens (including phenoxy) is 3. The Balaban J connectivity index is 1.79. The van der Waals surface area contributed by atoms with Gasteiger partial charge in [0, 0.05) is 23.1 Å². The predicted molar refractivity (Wildman–Crippen MR) is 173 cm³/mol. The molecular formula is C33H37F3N6O5. The molecule has 2 aromatic carbocycles. The van der Waals surface area contributed by atoms with E-state index in [1.165, 1.54) is 26.1 Å². The lowest BCUT2D eigenvalue weighted by atomic mass is 9.80. The van der Waals surface area contributed by atoms with Crippen molar-refractivity contribution in [3.63, 3.8) is 0 Å². The Kier molecular flexibility index (Phi) is 11.7. The van der Waals surface area contributed by atoms with Gasteiger partial charge in [-0.2, -0.15) is 13.2 Å². The van der Waals surface area contributed by atoms with Crippen LogP contribution in [0.25, 0.3) is 0 Å². The molecule has 14 heteroatoms. The van der Waals surface area contributed by atoms with E-state index in [0.717, 1.165) is 23.4 Å². The zero-order valence-electron chi connectivity index (χ0n) is 26.9. The highest BCUT2D eigenvalue weighted by Gasteiger charge is 2.40. The van der Waals surface area contributed by atoms with Crippen LogP contribution >= 0.6 is 0 Å². The quantitative estimate of drug-likeness (QED) is 0.153. The molecule has 0 unspecified atom stereocenters. The number of amides is 3. The average Bonchev–Trinajstić information content (AvgIpc) is 3.02. The highest BCUT2D eigenvalue weighted by molar-refractivity contribution is 6.02. The summed E-state index contributed by atoms with van der Waals surface area (Å²) in [5, 5.41) is 4.92. The first-order valence-corrected chi connectivity index (χ1v) is 14.3. The summed E-state index contributed by atoms with van der Waals surface area (Å²) >= 11 is 0. The molecular weight excluding hydrogens is 617 g/mol. The number of carbonyl (C=O) groups is 2. The number of nitrogens with zero attached hydrogens (tertiary/aromatic N) is 3. The minimum absolute atomic E-state index is 0.148. The van der Waals surface area contributed by atoms with Gasteiger partial charge in [0.2, 0.25) is 5.91 Å². The van der Waals surface area contributed by atoms with Crippen LogP contribution in [0.2, 0.25) is 0 Å². The van der Waals surface area contributed by atoms with Crippen molar-refractivity contribution in [2.45, 2.75) is 52.8 Å². The summed E-state index contributed by atoms with van der Waals surface area (Å²) in [5.41, 5.74) is 4.14. The molecule has 0 atom stereocenters. The maximum absolute atomic E-state index is 13.9. The van der Waals surface area contributed by atoms with E-state index in [2.05, 4.69) is 32.3 Å². The SMILES string of the molecule is C=NC(=N/C(C)=C(\C)NC(=O)Nc1ccc(C(C)(C)C(N)=O)c(C(F)(F)F)c1)c1cnc(OCc2ccc(OC)cc2)c(OCC)c1. The van der Waals surface area contributed by atoms with Gasteiger partial charge in [0.05, 0.1) is 30.4 Å². The van der Waals surface area contributed by atoms with Crippen molar-refractivity contribution in [3.05, 3.63) is 88.4 Å². The molecule has 250 valence electrons. The molecule has 1 aromatic heterocycles. The number of aliphatic imine (C=N–C) groups is 2. The molecule has 4 N–H and O–H groups in total. The van der Waals surface area contributed by atoms with Gasteiger partial charge in [0.15, 0.2) is 11.6 Å². The van der Waals surface area contributed by atoms with Gasteiger partial charge in [-0.25, -0.2) is 19.8 Å². The Hall–Kier alpha value is -5.40. The number of nitrogens with two attached hydrogens (primary N) is 1. The predicted octanol–water partition coefficient (Wildman–Crippen LogP) is 6.37. The monoisotopic (exact) mass is 654 g/mol. The fourth-order valence-corrected chi connectivity index (χ4v) is 4.19. The molecule has 0 saturated carbocycles. The molecule has 3 aromatic rings. The number of primary amides is 1. The van der Waals surface area contributed by atoms with Crippen LogP contribution in [0, 0.1) is 0 Å². The number of hydrogen-bond donors (Lipinski definition) is 3. The largest absolute Gasteiger partial charge is 0.497 e. The number of halogens is 3. The summed E-state index contributed by atoms with van der Waals surface area (Å²) in [6, 6.07) is 11.3. The lowest BCUT2D eigenvalue weighted by Gasteiger charge is -2.26. The molecule has 0 aliphatic heterocycles. The van der Waals surface area contributed by atoms with Gasteiger partial charge in [-0.05, 0) is 82.8 Å². The fraction of sp³-hybridized carbons (Fsp3) is 0.303. The number of amidine groups is 1. The Morgan fingerprint density at radius 3 is 2.28 bits per heavy atom. The zero-order chi connectivity index (χ0) is 34.9. The maximum Gasteiger partial charge on any atom is 0.416 e. The van der Waals surface area contributed by atoms with Crippen molar-refractivity contribution < 1.29 is 37.0 Å². The molecule has 11 nitrogen and oxygen atoms in total. The van der Waals surface area contributed by atoms with Gasteiger partial charge in [0.25, 0.3) is 5.88 Å². The first-order chi connectivity index (χ1) is 22.1. The molecule has 3 amide bonds. The molecule has 47 heavy (non-hydrogen) atoms. The van der Waals surface area contributed by atoms with Crippen molar-refractivity contribution in [2.24, 2.45) is 15.7 Å². The van der Waals surface area contributed by atoms with Crippen LogP contribution in [0.3, 0.4) is 0 Å². The lowest BCUT2D eigenvalue weighted by Crippen LogP contribution is -2.37. The van der Waals surface area contributed by atoms with Crippen LogP contribution < -0.4 is 30.6 Å². The van der Waals surface area contributed by atoms with Crippen LogP contribution in [0.1, 0.15) is 56.9 Å². The van der Waals surface area contributed by atoms with Gasteiger partial charge in [0.1, 0.15) is 12.4 Å². The van der Waals surface area contributed by atoms with Crippen molar-refractivity contribution in [3.8, 4) is 17.4 Å². The van der Waals surface area contributed by atoms with E-state index in [1.807, 2.05) is 31.2 Å². The van der Waals surface area contributed by atoms with E-state index < -0.39 is 29.1 Å². The number of alkyl halides is 3. The number of aromatic nitrogens is 1. The maximum atomic E-state index is 13.9. The molecule has 1 heterocycles. The van der Waals surface area contributed by atoms with E-state index in [4.69, 9.17) is 19.9 Å². The second-order valence-electron chi connectivity index (χ2n) is 10.7. The summed E-state index contributed by atoms with van der Waals surface area (Å²) in [6.45, 7) is 11.7. The normalized spacial score (nSPS) is 12.5. The molecule has 0 aliphatic rings. The molecule has 0 fully saturated rings. The summed E-state index contributed by atoms with van der Waals surface area (Å²) in [4.78, 5) is 37.3. The van der Waals surface area contributed by atoms with Crippen LogP contribution in [-0.2, 0) is 23.0 Å². The number of benzene rings is 2. The van der Waals surface area contributed by atoms with Crippen molar-refractivity contribution in [1.82, 2.24) is 10.3 Å². The number of methoxy groups -OCH3 is 1. The summed E-state index contributed by atoms with van der Waals surface area (Å²) < 4.78 is 58.3. The first-order valence-electron chi connectivity index (χ1n) is 14.3. The molecule has 0 saturated heterocycles. The van der Waals surface area contributed by atoms with E-state index in [-0.39, 0.29) is 35.3 Å². The zero-order valence-corrected chi connectivity index (χ0v) is 26.9. The number of allylic oxidation sites excluding steroid dienone is 2. The second kappa shape index (κ2) is 15.3. The van der Waals surface area contributed by atoms with Crippen LogP contribution in [-0.4, -0.2) is 43.2 Å². The topological polar surface area (TPSA) is 150 Å². The average molecular weight is 655 g/mol. The number of urea groups is 1. The Bertz CT molecular complexity index is 1680. The molecule has 3 rings (SSSR count).